The van der Waals surface area contributed by atoms with Crippen molar-refractivity contribution >= 4 is 22.6 Å². The molecule has 4 aromatic heterocycles. The van der Waals surface area contributed by atoms with Crippen LogP contribution in [0.15, 0.2) is 37.1 Å². The average molecular weight is 394 g/mol. The lowest BCUT2D eigenvalue weighted by Gasteiger charge is -2.28. The summed E-state index contributed by atoms with van der Waals surface area (Å²) in [5, 5.41) is 4.30. The van der Waals surface area contributed by atoms with E-state index in [9.17, 15) is 4.39 Å². The zero-order valence-electron chi connectivity index (χ0n) is 16.2. The Balaban J connectivity index is 1.37. The quantitative estimate of drug-likeness (QED) is 0.531. The Kier molecular flexibility index (Phi) is 4.63. The minimum atomic E-state index is -0.358. The van der Waals surface area contributed by atoms with Crippen LogP contribution in [0.1, 0.15) is 32.6 Å². The number of imidazole rings is 1. The highest BCUT2D eigenvalue weighted by Gasteiger charge is 2.22. The molecule has 1 aliphatic carbocycles. The topological polar surface area (TPSA) is 80.1 Å². The van der Waals surface area contributed by atoms with Crippen molar-refractivity contribution in [2.45, 2.75) is 44.8 Å². The number of pyridine rings is 1. The Labute approximate surface area is 167 Å². The monoisotopic (exact) mass is 394 g/mol. The van der Waals surface area contributed by atoms with Crippen molar-refractivity contribution in [3.05, 3.63) is 42.9 Å². The van der Waals surface area contributed by atoms with E-state index >= 15 is 0 Å². The molecule has 1 fully saturated rings. The molecule has 8 heteroatoms. The second-order valence-electron chi connectivity index (χ2n) is 7.47. The van der Waals surface area contributed by atoms with E-state index in [2.05, 4.69) is 25.3 Å². The molecular formula is C21H23FN6O. The lowest BCUT2D eigenvalue weighted by Crippen LogP contribution is -2.30. The average Bonchev–Trinajstić information content (AvgIpc) is 3.36. The van der Waals surface area contributed by atoms with Crippen LogP contribution in [-0.4, -0.2) is 43.1 Å². The molecule has 2 N–H and O–H groups in total. The summed E-state index contributed by atoms with van der Waals surface area (Å²) in [5.41, 5.74) is 2.65. The summed E-state index contributed by atoms with van der Waals surface area (Å²) >= 11 is 0. The molecule has 0 saturated heterocycles. The SMILES string of the molecule is CCO[C@H]1CC[C@@H](Nc2ncc3c(-c4cc(F)c5nccn5c4)c[nH]c3n2)CC1. The van der Waals surface area contributed by atoms with Crippen LogP contribution < -0.4 is 5.32 Å². The number of aromatic nitrogens is 5. The molecule has 0 atom stereocenters. The summed E-state index contributed by atoms with van der Waals surface area (Å²) in [5.74, 6) is 0.255. The number of hydrogen-bond donors (Lipinski definition) is 2. The Bertz CT molecular complexity index is 1140. The highest BCUT2D eigenvalue weighted by Crippen LogP contribution is 2.30. The van der Waals surface area contributed by atoms with E-state index in [0.717, 1.165) is 54.5 Å². The van der Waals surface area contributed by atoms with Gasteiger partial charge < -0.3 is 19.4 Å². The van der Waals surface area contributed by atoms with Crippen molar-refractivity contribution in [2.75, 3.05) is 11.9 Å². The lowest BCUT2D eigenvalue weighted by molar-refractivity contribution is 0.0346. The number of rotatable bonds is 5. The molecule has 1 aliphatic rings. The first-order valence-electron chi connectivity index (χ1n) is 10.1. The fraction of sp³-hybridized carbons (Fsp3) is 0.381. The molecule has 5 rings (SSSR count). The predicted octanol–water partition coefficient (Wildman–Crippen LogP) is 4.17. The Morgan fingerprint density at radius 1 is 1.28 bits per heavy atom. The fourth-order valence-corrected chi connectivity index (χ4v) is 4.15. The molecular weight excluding hydrogens is 371 g/mol. The van der Waals surface area contributed by atoms with Crippen LogP contribution in [-0.2, 0) is 4.74 Å². The molecule has 29 heavy (non-hydrogen) atoms. The van der Waals surface area contributed by atoms with Crippen LogP contribution in [0.2, 0.25) is 0 Å². The number of halogens is 1. The number of ether oxygens (including phenoxy) is 1. The molecule has 0 spiro atoms. The number of hydrogen-bond acceptors (Lipinski definition) is 5. The second kappa shape index (κ2) is 7.44. The van der Waals surface area contributed by atoms with Crippen LogP contribution in [0.5, 0.6) is 0 Å². The smallest absolute Gasteiger partial charge is 0.224 e. The summed E-state index contributed by atoms with van der Waals surface area (Å²) in [6.45, 7) is 2.81. The first-order chi connectivity index (χ1) is 14.2. The van der Waals surface area contributed by atoms with E-state index in [0.29, 0.717) is 23.7 Å². The minimum Gasteiger partial charge on any atom is -0.379 e. The van der Waals surface area contributed by atoms with E-state index in [1.54, 1.807) is 23.0 Å². The van der Waals surface area contributed by atoms with Gasteiger partial charge >= 0.3 is 0 Å². The van der Waals surface area contributed by atoms with Crippen molar-refractivity contribution < 1.29 is 9.13 Å². The van der Waals surface area contributed by atoms with Gasteiger partial charge in [-0.1, -0.05) is 0 Å². The van der Waals surface area contributed by atoms with Gasteiger partial charge in [-0.25, -0.2) is 14.4 Å². The maximum absolute atomic E-state index is 14.3. The fourth-order valence-electron chi connectivity index (χ4n) is 4.15. The van der Waals surface area contributed by atoms with Crippen molar-refractivity contribution in [1.29, 1.82) is 0 Å². The number of aromatic amines is 1. The van der Waals surface area contributed by atoms with Crippen LogP contribution in [0.4, 0.5) is 10.3 Å². The third-order valence-corrected chi connectivity index (χ3v) is 5.60. The maximum atomic E-state index is 14.3. The Morgan fingerprint density at radius 3 is 2.97 bits per heavy atom. The highest BCUT2D eigenvalue weighted by molar-refractivity contribution is 5.93. The van der Waals surface area contributed by atoms with E-state index in [-0.39, 0.29) is 5.82 Å². The number of H-pyrrole nitrogens is 1. The predicted molar refractivity (Wildman–Crippen MR) is 109 cm³/mol. The van der Waals surface area contributed by atoms with Crippen molar-refractivity contribution in [2.24, 2.45) is 0 Å². The van der Waals surface area contributed by atoms with Gasteiger partial charge in [0.2, 0.25) is 5.95 Å². The van der Waals surface area contributed by atoms with Gasteiger partial charge in [-0.3, -0.25) is 0 Å². The van der Waals surface area contributed by atoms with E-state index in [1.807, 2.05) is 19.3 Å². The van der Waals surface area contributed by atoms with Gasteiger partial charge in [-0.15, -0.1) is 0 Å². The van der Waals surface area contributed by atoms with E-state index in [1.165, 1.54) is 6.07 Å². The van der Waals surface area contributed by atoms with Gasteiger partial charge in [0.25, 0.3) is 0 Å². The third kappa shape index (κ3) is 3.44. The molecule has 0 bridgehead atoms. The molecule has 1 saturated carbocycles. The van der Waals surface area contributed by atoms with Crippen molar-refractivity contribution in [3.63, 3.8) is 0 Å². The second-order valence-corrected chi connectivity index (χ2v) is 7.47. The molecule has 4 aromatic rings. The molecule has 7 nitrogen and oxygen atoms in total. The molecule has 150 valence electrons. The first-order valence-corrected chi connectivity index (χ1v) is 10.1. The molecule has 0 aromatic carbocycles. The van der Waals surface area contributed by atoms with Crippen LogP contribution >= 0.6 is 0 Å². The van der Waals surface area contributed by atoms with E-state index in [4.69, 9.17) is 4.74 Å². The summed E-state index contributed by atoms with van der Waals surface area (Å²) < 4.78 is 21.7. The van der Waals surface area contributed by atoms with Gasteiger partial charge in [0.05, 0.1) is 6.10 Å². The van der Waals surface area contributed by atoms with Gasteiger partial charge in [0, 0.05) is 60.1 Å². The summed E-state index contributed by atoms with van der Waals surface area (Å²) in [6.07, 6.45) is 13.4. The van der Waals surface area contributed by atoms with Crippen molar-refractivity contribution in [3.8, 4) is 11.1 Å². The summed E-state index contributed by atoms with van der Waals surface area (Å²) in [6, 6.07) is 1.85. The number of anilines is 1. The van der Waals surface area contributed by atoms with Gasteiger partial charge in [-0.05, 0) is 38.7 Å². The third-order valence-electron chi connectivity index (χ3n) is 5.60. The van der Waals surface area contributed by atoms with Gasteiger partial charge in [0.15, 0.2) is 11.5 Å². The largest absolute Gasteiger partial charge is 0.379 e. The van der Waals surface area contributed by atoms with Crippen LogP contribution in [0, 0.1) is 5.82 Å². The number of fused-ring (bicyclic) bond motifs is 2. The van der Waals surface area contributed by atoms with Gasteiger partial charge in [-0.2, -0.15) is 4.98 Å². The van der Waals surface area contributed by atoms with Crippen molar-refractivity contribution in [1.82, 2.24) is 24.3 Å². The lowest BCUT2D eigenvalue weighted by atomic mass is 9.93. The Hall–Kier alpha value is -3.00. The first kappa shape index (κ1) is 18.1. The summed E-state index contributed by atoms with van der Waals surface area (Å²) in [4.78, 5) is 16.3. The van der Waals surface area contributed by atoms with Crippen LogP contribution in [0.25, 0.3) is 27.8 Å². The molecule has 0 aliphatic heterocycles. The van der Waals surface area contributed by atoms with Crippen LogP contribution in [0.3, 0.4) is 0 Å². The summed E-state index contributed by atoms with van der Waals surface area (Å²) in [7, 11) is 0. The number of nitrogens with zero attached hydrogens (tertiary/aromatic N) is 4. The minimum absolute atomic E-state index is 0.315. The molecule has 4 heterocycles. The standard InChI is InChI=1S/C21H23FN6O/c1-2-29-15-5-3-14(4-6-15)26-21-25-11-17-16(10-24-19(17)27-21)13-9-18(22)20-23-7-8-28(20)12-13/h7-12,14-15H,2-6H2,1H3,(H2,24,25,26,27)/t14-,15+. The zero-order chi connectivity index (χ0) is 19.8. The maximum Gasteiger partial charge on any atom is 0.224 e. The zero-order valence-corrected chi connectivity index (χ0v) is 16.2. The van der Waals surface area contributed by atoms with E-state index < -0.39 is 0 Å². The molecule has 0 unspecified atom stereocenters. The molecule has 0 radical (unpaired) electrons. The highest BCUT2D eigenvalue weighted by atomic mass is 19.1. The van der Waals surface area contributed by atoms with Gasteiger partial charge in [0.1, 0.15) is 5.65 Å². The Morgan fingerprint density at radius 2 is 2.14 bits per heavy atom. The normalized spacial score (nSPS) is 19.8. The molecule has 0 amide bonds. The number of nitrogens with one attached hydrogen (secondary N) is 2.